The molecule has 1 heterocycles. The van der Waals surface area contributed by atoms with Gasteiger partial charge < -0.3 is 5.32 Å². The molecule has 0 aromatic heterocycles. The van der Waals surface area contributed by atoms with Crippen LogP contribution < -0.4 is 5.32 Å². The maximum Gasteiger partial charge on any atom is 0.214 e. The molecule has 1 atom stereocenters. The van der Waals surface area contributed by atoms with Gasteiger partial charge in [-0.05, 0) is 57.0 Å². The maximum absolute atomic E-state index is 12.9. The van der Waals surface area contributed by atoms with Crippen LogP contribution in [0.3, 0.4) is 0 Å². The minimum atomic E-state index is -3.11. The van der Waals surface area contributed by atoms with Crippen LogP contribution in [0.5, 0.6) is 0 Å². The van der Waals surface area contributed by atoms with Crippen LogP contribution in [0, 0.1) is 11.8 Å². The van der Waals surface area contributed by atoms with Crippen LogP contribution >= 0.6 is 0 Å². The van der Waals surface area contributed by atoms with Gasteiger partial charge in [0.2, 0.25) is 10.0 Å². The monoisotopic (exact) mass is 316 g/mol. The molecule has 0 amide bonds. The van der Waals surface area contributed by atoms with Crippen molar-refractivity contribution >= 4 is 10.0 Å². The van der Waals surface area contributed by atoms with Crippen LogP contribution in [-0.2, 0) is 10.0 Å². The van der Waals surface area contributed by atoms with Crippen molar-refractivity contribution in [2.45, 2.75) is 64.8 Å². The molecule has 1 aliphatic heterocycles. The van der Waals surface area contributed by atoms with E-state index in [1.54, 1.807) is 0 Å². The fraction of sp³-hybridized carbons (Fsp3) is 1.00. The number of sulfonamides is 1. The van der Waals surface area contributed by atoms with Gasteiger partial charge in [0.1, 0.15) is 0 Å². The van der Waals surface area contributed by atoms with E-state index in [1.807, 2.05) is 4.31 Å². The lowest BCUT2D eigenvalue weighted by atomic mass is 10.0. The lowest BCUT2D eigenvalue weighted by Gasteiger charge is -2.31. The van der Waals surface area contributed by atoms with E-state index in [-0.39, 0.29) is 6.04 Å². The van der Waals surface area contributed by atoms with Gasteiger partial charge in [0, 0.05) is 12.6 Å². The Bertz CT molecular complexity index is 397. The van der Waals surface area contributed by atoms with E-state index >= 15 is 0 Å². The van der Waals surface area contributed by atoms with Gasteiger partial charge in [-0.2, -0.15) is 4.31 Å². The summed E-state index contributed by atoms with van der Waals surface area (Å²) >= 11 is 0. The molecule has 4 nitrogen and oxygen atoms in total. The third-order valence-electron chi connectivity index (χ3n) is 4.86. The summed E-state index contributed by atoms with van der Waals surface area (Å²) in [6.07, 6.45) is 7.61. The molecule has 0 bridgehead atoms. The molecule has 1 unspecified atom stereocenters. The first kappa shape index (κ1) is 17.2. The van der Waals surface area contributed by atoms with Gasteiger partial charge in [0.15, 0.2) is 0 Å². The fourth-order valence-corrected chi connectivity index (χ4v) is 5.71. The molecule has 1 saturated carbocycles. The maximum atomic E-state index is 12.9. The Hall–Kier alpha value is -0.130. The number of piperidine rings is 1. The van der Waals surface area contributed by atoms with E-state index in [0.717, 1.165) is 45.2 Å². The van der Waals surface area contributed by atoms with E-state index < -0.39 is 10.0 Å². The Labute approximate surface area is 130 Å². The molecule has 1 saturated heterocycles. The number of hydrogen-bond donors (Lipinski definition) is 1. The standard InChI is InChI=1S/C16H32N2O2S/c1-14(2)9-11-18(16-7-3-4-8-16)21(19,20)13-15-6-5-10-17-12-15/h14-17H,3-13H2,1-2H3. The fourth-order valence-electron chi connectivity index (χ4n) is 3.59. The zero-order valence-corrected chi connectivity index (χ0v) is 14.5. The summed E-state index contributed by atoms with van der Waals surface area (Å²) in [7, 11) is -3.11. The van der Waals surface area contributed by atoms with Crippen LogP contribution in [0.1, 0.15) is 58.8 Å². The first-order valence-electron chi connectivity index (χ1n) is 8.69. The Balaban J connectivity index is 2.01. The van der Waals surface area contributed by atoms with Gasteiger partial charge in [0.05, 0.1) is 5.75 Å². The van der Waals surface area contributed by atoms with Crippen LogP contribution in [0.4, 0.5) is 0 Å². The predicted octanol–water partition coefficient (Wildman–Crippen LogP) is 2.61. The van der Waals surface area contributed by atoms with Crippen molar-refractivity contribution in [3.63, 3.8) is 0 Å². The van der Waals surface area contributed by atoms with Crippen molar-refractivity contribution < 1.29 is 8.42 Å². The highest BCUT2D eigenvalue weighted by Crippen LogP contribution is 2.28. The Kier molecular flexibility index (Phi) is 6.51. The van der Waals surface area contributed by atoms with E-state index in [9.17, 15) is 8.42 Å². The Morgan fingerprint density at radius 2 is 1.86 bits per heavy atom. The van der Waals surface area contributed by atoms with Gasteiger partial charge in [-0.15, -0.1) is 0 Å². The third kappa shape index (κ3) is 5.22. The van der Waals surface area contributed by atoms with Crippen molar-refractivity contribution in [3.8, 4) is 0 Å². The molecule has 5 heteroatoms. The highest BCUT2D eigenvalue weighted by Gasteiger charge is 2.33. The molecular formula is C16H32N2O2S. The topological polar surface area (TPSA) is 49.4 Å². The van der Waals surface area contributed by atoms with E-state index in [2.05, 4.69) is 19.2 Å². The van der Waals surface area contributed by atoms with E-state index in [0.29, 0.717) is 24.1 Å². The molecule has 1 aliphatic carbocycles. The zero-order chi connectivity index (χ0) is 15.3. The SMILES string of the molecule is CC(C)CCN(C1CCCC1)S(=O)(=O)CC1CCCNC1. The van der Waals surface area contributed by atoms with Crippen LogP contribution in [0.25, 0.3) is 0 Å². The Morgan fingerprint density at radius 3 is 2.43 bits per heavy atom. The van der Waals surface area contributed by atoms with Gasteiger partial charge in [-0.1, -0.05) is 26.7 Å². The van der Waals surface area contributed by atoms with E-state index in [4.69, 9.17) is 0 Å². The summed E-state index contributed by atoms with van der Waals surface area (Å²) in [5.74, 6) is 1.20. The molecule has 2 rings (SSSR count). The van der Waals surface area contributed by atoms with Crippen molar-refractivity contribution in [2.24, 2.45) is 11.8 Å². The molecule has 2 fully saturated rings. The Morgan fingerprint density at radius 1 is 1.14 bits per heavy atom. The minimum Gasteiger partial charge on any atom is -0.316 e. The number of rotatable bonds is 7. The lowest BCUT2D eigenvalue weighted by molar-refractivity contribution is 0.299. The van der Waals surface area contributed by atoms with Crippen molar-refractivity contribution in [1.82, 2.24) is 9.62 Å². The van der Waals surface area contributed by atoms with Gasteiger partial charge >= 0.3 is 0 Å². The highest BCUT2D eigenvalue weighted by molar-refractivity contribution is 7.89. The summed E-state index contributed by atoms with van der Waals surface area (Å²) in [6.45, 7) is 6.96. The van der Waals surface area contributed by atoms with Crippen molar-refractivity contribution in [1.29, 1.82) is 0 Å². The number of nitrogens with one attached hydrogen (secondary N) is 1. The second kappa shape index (κ2) is 7.93. The van der Waals surface area contributed by atoms with Gasteiger partial charge in [-0.3, -0.25) is 0 Å². The second-order valence-corrected chi connectivity index (χ2v) is 9.19. The van der Waals surface area contributed by atoms with Gasteiger partial charge in [-0.25, -0.2) is 8.42 Å². The number of nitrogens with zero attached hydrogens (tertiary/aromatic N) is 1. The largest absolute Gasteiger partial charge is 0.316 e. The van der Waals surface area contributed by atoms with Crippen LogP contribution in [-0.4, -0.2) is 44.2 Å². The van der Waals surface area contributed by atoms with Crippen LogP contribution in [0.15, 0.2) is 0 Å². The first-order chi connectivity index (χ1) is 9.99. The van der Waals surface area contributed by atoms with E-state index in [1.165, 1.54) is 12.8 Å². The normalized spacial score (nSPS) is 25.0. The molecule has 0 radical (unpaired) electrons. The quantitative estimate of drug-likeness (QED) is 0.785. The zero-order valence-electron chi connectivity index (χ0n) is 13.7. The molecule has 0 spiro atoms. The average Bonchev–Trinajstić information content (AvgIpc) is 2.92. The number of hydrogen-bond acceptors (Lipinski definition) is 3. The van der Waals surface area contributed by atoms with Crippen molar-refractivity contribution in [2.75, 3.05) is 25.4 Å². The minimum absolute atomic E-state index is 0.269. The average molecular weight is 317 g/mol. The third-order valence-corrected chi connectivity index (χ3v) is 6.95. The first-order valence-corrected chi connectivity index (χ1v) is 10.3. The summed E-state index contributed by atoms with van der Waals surface area (Å²) in [5.41, 5.74) is 0. The molecule has 21 heavy (non-hydrogen) atoms. The van der Waals surface area contributed by atoms with Crippen LogP contribution in [0.2, 0.25) is 0 Å². The van der Waals surface area contributed by atoms with Gasteiger partial charge in [0.25, 0.3) is 0 Å². The summed E-state index contributed by atoms with van der Waals surface area (Å²) in [5, 5.41) is 3.33. The highest BCUT2D eigenvalue weighted by atomic mass is 32.2. The molecule has 0 aromatic rings. The second-order valence-electron chi connectivity index (χ2n) is 7.22. The lowest BCUT2D eigenvalue weighted by Crippen LogP contribution is -2.44. The molecule has 1 N–H and O–H groups in total. The summed E-state index contributed by atoms with van der Waals surface area (Å²) < 4.78 is 27.7. The molecule has 2 aliphatic rings. The summed E-state index contributed by atoms with van der Waals surface area (Å²) in [4.78, 5) is 0. The molecule has 124 valence electrons. The summed E-state index contributed by atoms with van der Waals surface area (Å²) in [6, 6.07) is 0.269. The smallest absolute Gasteiger partial charge is 0.214 e. The molecular weight excluding hydrogens is 284 g/mol. The van der Waals surface area contributed by atoms with Crippen molar-refractivity contribution in [3.05, 3.63) is 0 Å². The molecule has 0 aromatic carbocycles. The predicted molar refractivity (Wildman–Crippen MR) is 87.8 cm³/mol.